The highest BCUT2D eigenvalue weighted by Gasteiger charge is 2.14. The summed E-state index contributed by atoms with van der Waals surface area (Å²) >= 11 is 0. The van der Waals surface area contributed by atoms with Gasteiger partial charge < -0.3 is 16.0 Å². The molecule has 0 radical (unpaired) electrons. The fourth-order valence-corrected chi connectivity index (χ4v) is 4.56. The molecule has 0 unspecified atom stereocenters. The number of anilines is 2. The first-order valence-electron chi connectivity index (χ1n) is 10.9. The van der Waals surface area contributed by atoms with E-state index < -0.39 is 0 Å². The van der Waals surface area contributed by atoms with Crippen LogP contribution in [0.3, 0.4) is 0 Å². The number of aromatic nitrogens is 3. The molecule has 0 amide bonds. The lowest BCUT2D eigenvalue weighted by Gasteiger charge is -2.29. The molecule has 3 N–H and O–H groups in total. The SMILES string of the molecule is Nc1cc(-c2cnn3cc(-c4ccc(N5CCNCC5)cc4)cnc23)c2ccccc2c1. The van der Waals surface area contributed by atoms with Gasteiger partial charge in [-0.2, -0.15) is 5.10 Å². The van der Waals surface area contributed by atoms with Crippen molar-refractivity contribution in [3.63, 3.8) is 0 Å². The summed E-state index contributed by atoms with van der Waals surface area (Å²) in [6.45, 7) is 4.15. The third-order valence-corrected chi connectivity index (χ3v) is 6.21. The highest BCUT2D eigenvalue weighted by Crippen LogP contribution is 2.33. The second kappa shape index (κ2) is 7.66. The van der Waals surface area contributed by atoms with Crippen molar-refractivity contribution in [3.8, 4) is 22.3 Å². The first-order valence-corrected chi connectivity index (χ1v) is 10.9. The standard InChI is InChI=1S/C26H24N6/c27-21-13-19-3-1-2-4-23(19)24(14-21)25-16-30-32-17-20(15-29-26(25)32)18-5-7-22(8-6-18)31-11-9-28-10-12-31/h1-8,13-17,28H,9-12,27H2. The predicted molar refractivity (Wildman–Crippen MR) is 131 cm³/mol. The van der Waals surface area contributed by atoms with Gasteiger partial charge in [-0.1, -0.05) is 36.4 Å². The number of hydrogen-bond donors (Lipinski definition) is 2. The van der Waals surface area contributed by atoms with E-state index in [0.29, 0.717) is 0 Å². The van der Waals surface area contributed by atoms with Gasteiger partial charge in [-0.3, -0.25) is 0 Å². The lowest BCUT2D eigenvalue weighted by Crippen LogP contribution is -2.43. The fraction of sp³-hybridized carbons (Fsp3) is 0.154. The van der Waals surface area contributed by atoms with Crippen LogP contribution in [0.1, 0.15) is 0 Å². The van der Waals surface area contributed by atoms with Gasteiger partial charge in [-0.05, 0) is 46.2 Å². The summed E-state index contributed by atoms with van der Waals surface area (Å²) in [6, 6.07) is 21.0. The highest BCUT2D eigenvalue weighted by atomic mass is 15.2. The quantitative estimate of drug-likeness (QED) is 0.428. The number of benzene rings is 3. The molecule has 2 aromatic heterocycles. The number of fused-ring (bicyclic) bond motifs is 2. The van der Waals surface area contributed by atoms with Crippen LogP contribution >= 0.6 is 0 Å². The number of rotatable bonds is 3. The molecule has 1 saturated heterocycles. The van der Waals surface area contributed by atoms with Crippen LogP contribution < -0.4 is 16.0 Å². The van der Waals surface area contributed by atoms with Crippen molar-refractivity contribution in [2.45, 2.75) is 0 Å². The van der Waals surface area contributed by atoms with Gasteiger partial charge in [0.25, 0.3) is 0 Å². The molecule has 1 aliphatic rings. The van der Waals surface area contributed by atoms with E-state index in [-0.39, 0.29) is 0 Å². The van der Waals surface area contributed by atoms with Crippen LogP contribution in [0.15, 0.2) is 79.3 Å². The summed E-state index contributed by atoms with van der Waals surface area (Å²) in [5.74, 6) is 0. The molecule has 3 aromatic carbocycles. The van der Waals surface area contributed by atoms with Crippen molar-refractivity contribution >= 4 is 27.8 Å². The number of nitrogen functional groups attached to an aromatic ring is 1. The van der Waals surface area contributed by atoms with Crippen molar-refractivity contribution in [2.75, 3.05) is 36.8 Å². The average molecular weight is 421 g/mol. The van der Waals surface area contributed by atoms with Crippen LogP contribution in [0.25, 0.3) is 38.7 Å². The maximum atomic E-state index is 6.19. The van der Waals surface area contributed by atoms with Gasteiger partial charge in [0.1, 0.15) is 0 Å². The highest BCUT2D eigenvalue weighted by molar-refractivity contribution is 6.01. The minimum Gasteiger partial charge on any atom is -0.399 e. The molecule has 32 heavy (non-hydrogen) atoms. The molecule has 6 nitrogen and oxygen atoms in total. The van der Waals surface area contributed by atoms with E-state index in [9.17, 15) is 0 Å². The van der Waals surface area contributed by atoms with Crippen LogP contribution in [0.4, 0.5) is 11.4 Å². The largest absolute Gasteiger partial charge is 0.399 e. The summed E-state index contributed by atoms with van der Waals surface area (Å²) in [4.78, 5) is 7.20. The minimum absolute atomic E-state index is 0.735. The van der Waals surface area contributed by atoms with Crippen molar-refractivity contribution in [3.05, 3.63) is 79.3 Å². The molecule has 6 rings (SSSR count). The van der Waals surface area contributed by atoms with Gasteiger partial charge in [-0.15, -0.1) is 0 Å². The fourth-order valence-electron chi connectivity index (χ4n) is 4.56. The molecule has 1 fully saturated rings. The first kappa shape index (κ1) is 18.8. The van der Waals surface area contributed by atoms with E-state index in [1.54, 1.807) is 0 Å². The monoisotopic (exact) mass is 420 g/mol. The second-order valence-electron chi connectivity index (χ2n) is 8.24. The molecule has 3 heterocycles. The minimum atomic E-state index is 0.735. The lowest BCUT2D eigenvalue weighted by molar-refractivity contribution is 0.589. The second-order valence-corrected chi connectivity index (χ2v) is 8.24. The maximum Gasteiger partial charge on any atom is 0.162 e. The van der Waals surface area contributed by atoms with Crippen molar-refractivity contribution in [1.29, 1.82) is 0 Å². The third kappa shape index (κ3) is 3.25. The number of nitrogens with one attached hydrogen (secondary N) is 1. The van der Waals surface area contributed by atoms with Crippen molar-refractivity contribution < 1.29 is 0 Å². The molecule has 1 aliphatic heterocycles. The average Bonchev–Trinajstić information content (AvgIpc) is 3.27. The van der Waals surface area contributed by atoms with E-state index in [2.05, 4.69) is 51.7 Å². The van der Waals surface area contributed by atoms with E-state index >= 15 is 0 Å². The van der Waals surface area contributed by atoms with Crippen LogP contribution in [0.2, 0.25) is 0 Å². The molecule has 0 bridgehead atoms. The Morgan fingerprint density at radius 1 is 0.844 bits per heavy atom. The Morgan fingerprint density at radius 2 is 1.66 bits per heavy atom. The Balaban J connectivity index is 1.37. The maximum absolute atomic E-state index is 6.19. The normalized spacial score (nSPS) is 14.3. The molecule has 0 aliphatic carbocycles. The Hall–Kier alpha value is -3.90. The van der Waals surface area contributed by atoms with Gasteiger partial charge in [-0.25, -0.2) is 9.50 Å². The van der Waals surface area contributed by atoms with Gasteiger partial charge in [0.05, 0.1) is 6.20 Å². The van der Waals surface area contributed by atoms with Crippen LogP contribution in [-0.2, 0) is 0 Å². The molecule has 158 valence electrons. The summed E-state index contributed by atoms with van der Waals surface area (Å²) < 4.78 is 1.85. The number of nitrogens with two attached hydrogens (primary N) is 1. The van der Waals surface area contributed by atoms with E-state index in [0.717, 1.165) is 70.5 Å². The zero-order valence-electron chi connectivity index (χ0n) is 17.7. The van der Waals surface area contributed by atoms with Crippen LogP contribution in [0, 0.1) is 0 Å². The molecule has 5 aromatic rings. The third-order valence-electron chi connectivity index (χ3n) is 6.21. The Bertz CT molecular complexity index is 1410. The van der Waals surface area contributed by atoms with Crippen molar-refractivity contribution in [2.24, 2.45) is 0 Å². The summed E-state index contributed by atoms with van der Waals surface area (Å²) in [6.07, 6.45) is 5.84. The lowest BCUT2D eigenvalue weighted by atomic mass is 9.99. The van der Waals surface area contributed by atoms with Gasteiger partial charge >= 0.3 is 0 Å². The summed E-state index contributed by atoms with van der Waals surface area (Å²) in [5.41, 5.74) is 13.2. The molecular formula is C26H24N6. The molecule has 0 atom stereocenters. The topological polar surface area (TPSA) is 71.5 Å². The van der Waals surface area contributed by atoms with E-state index in [1.807, 2.05) is 47.4 Å². The molecule has 0 saturated carbocycles. The number of nitrogens with zero attached hydrogens (tertiary/aromatic N) is 4. The van der Waals surface area contributed by atoms with Gasteiger partial charge in [0.15, 0.2) is 5.65 Å². The van der Waals surface area contributed by atoms with Crippen LogP contribution in [-0.4, -0.2) is 40.8 Å². The Labute approximate surface area is 186 Å². The zero-order chi connectivity index (χ0) is 21.5. The molecule has 0 spiro atoms. The Kier molecular flexibility index (Phi) is 4.51. The van der Waals surface area contributed by atoms with E-state index in [1.165, 1.54) is 5.69 Å². The molecular weight excluding hydrogens is 396 g/mol. The van der Waals surface area contributed by atoms with Gasteiger partial charge in [0.2, 0.25) is 0 Å². The number of piperazine rings is 1. The number of hydrogen-bond acceptors (Lipinski definition) is 5. The van der Waals surface area contributed by atoms with Crippen molar-refractivity contribution in [1.82, 2.24) is 19.9 Å². The Morgan fingerprint density at radius 3 is 2.50 bits per heavy atom. The van der Waals surface area contributed by atoms with Crippen LogP contribution in [0.5, 0.6) is 0 Å². The first-order chi connectivity index (χ1) is 15.8. The molecule has 6 heteroatoms. The summed E-state index contributed by atoms with van der Waals surface area (Å²) in [5, 5.41) is 10.3. The zero-order valence-corrected chi connectivity index (χ0v) is 17.7. The van der Waals surface area contributed by atoms with E-state index in [4.69, 9.17) is 10.7 Å². The summed E-state index contributed by atoms with van der Waals surface area (Å²) in [7, 11) is 0. The predicted octanol–water partition coefficient (Wildman–Crippen LogP) is 4.21. The van der Waals surface area contributed by atoms with Gasteiger partial charge in [0, 0.05) is 61.1 Å². The smallest absolute Gasteiger partial charge is 0.162 e.